The number of benzene rings is 2. The molecule has 106 valence electrons. The lowest BCUT2D eigenvalue weighted by Gasteiger charge is -2.18. The zero-order valence-electron chi connectivity index (χ0n) is 11.4. The standard InChI is InChI=1S/C16H16ClF2N/c1-10-7-13(18)5-3-11(10)9-16(20-2)12-4-6-14(17)15(19)8-12/h3-8,16,20H,9H2,1-2H3. The molecule has 0 aliphatic heterocycles. The Morgan fingerprint density at radius 2 is 1.90 bits per heavy atom. The monoisotopic (exact) mass is 295 g/mol. The summed E-state index contributed by atoms with van der Waals surface area (Å²) in [5, 5.41) is 3.26. The van der Waals surface area contributed by atoms with Gasteiger partial charge in [0.2, 0.25) is 0 Å². The summed E-state index contributed by atoms with van der Waals surface area (Å²) in [6.45, 7) is 1.87. The van der Waals surface area contributed by atoms with Crippen LogP contribution in [0.4, 0.5) is 8.78 Å². The van der Waals surface area contributed by atoms with Crippen LogP contribution in [0.15, 0.2) is 36.4 Å². The van der Waals surface area contributed by atoms with Crippen LogP contribution >= 0.6 is 11.6 Å². The Morgan fingerprint density at radius 1 is 1.15 bits per heavy atom. The van der Waals surface area contributed by atoms with Gasteiger partial charge in [0.05, 0.1) is 5.02 Å². The third-order valence-corrected chi connectivity index (χ3v) is 3.73. The average Bonchev–Trinajstić information content (AvgIpc) is 2.41. The lowest BCUT2D eigenvalue weighted by molar-refractivity contribution is 0.574. The number of rotatable bonds is 4. The number of halogens is 3. The lowest BCUT2D eigenvalue weighted by Crippen LogP contribution is -2.19. The summed E-state index contributed by atoms with van der Waals surface area (Å²) >= 11 is 5.69. The van der Waals surface area contributed by atoms with Crippen molar-refractivity contribution in [2.24, 2.45) is 0 Å². The Labute approximate surface area is 122 Å². The summed E-state index contributed by atoms with van der Waals surface area (Å²) < 4.78 is 26.6. The minimum absolute atomic E-state index is 0.0501. The smallest absolute Gasteiger partial charge is 0.142 e. The molecule has 0 spiro atoms. The van der Waals surface area contributed by atoms with E-state index in [9.17, 15) is 8.78 Å². The molecule has 0 bridgehead atoms. The summed E-state index contributed by atoms with van der Waals surface area (Å²) in [7, 11) is 1.82. The molecule has 0 radical (unpaired) electrons. The fourth-order valence-corrected chi connectivity index (χ4v) is 2.34. The van der Waals surface area contributed by atoms with Crippen molar-refractivity contribution in [3.8, 4) is 0 Å². The highest BCUT2D eigenvalue weighted by Crippen LogP contribution is 2.24. The van der Waals surface area contributed by atoms with Crippen LogP contribution in [0.5, 0.6) is 0 Å². The number of likely N-dealkylation sites (N-methyl/N-ethyl adjacent to an activating group) is 1. The van der Waals surface area contributed by atoms with Gasteiger partial charge in [-0.25, -0.2) is 8.78 Å². The first-order valence-corrected chi connectivity index (χ1v) is 6.76. The summed E-state index contributed by atoms with van der Waals surface area (Å²) in [6.07, 6.45) is 0.656. The maximum Gasteiger partial charge on any atom is 0.142 e. The molecule has 0 aliphatic carbocycles. The van der Waals surface area contributed by atoms with E-state index in [-0.39, 0.29) is 16.9 Å². The van der Waals surface area contributed by atoms with Crippen molar-refractivity contribution < 1.29 is 8.78 Å². The second kappa shape index (κ2) is 6.33. The van der Waals surface area contributed by atoms with Gasteiger partial charge in [-0.05, 0) is 61.3 Å². The molecule has 0 aromatic heterocycles. The molecule has 0 heterocycles. The van der Waals surface area contributed by atoms with Gasteiger partial charge in [0.25, 0.3) is 0 Å². The van der Waals surface area contributed by atoms with Crippen LogP contribution in [0.3, 0.4) is 0 Å². The summed E-state index contributed by atoms with van der Waals surface area (Å²) in [4.78, 5) is 0. The van der Waals surface area contributed by atoms with Crippen molar-refractivity contribution in [3.63, 3.8) is 0 Å². The van der Waals surface area contributed by atoms with E-state index >= 15 is 0 Å². The Morgan fingerprint density at radius 3 is 2.50 bits per heavy atom. The maximum absolute atomic E-state index is 13.5. The van der Waals surface area contributed by atoms with Crippen LogP contribution in [0.1, 0.15) is 22.7 Å². The van der Waals surface area contributed by atoms with E-state index in [0.29, 0.717) is 6.42 Å². The fraction of sp³-hybridized carbons (Fsp3) is 0.250. The van der Waals surface area contributed by atoms with Crippen molar-refractivity contribution in [1.29, 1.82) is 0 Å². The number of aryl methyl sites for hydroxylation is 1. The highest BCUT2D eigenvalue weighted by atomic mass is 35.5. The Hall–Kier alpha value is -1.45. The molecule has 0 fully saturated rings. The van der Waals surface area contributed by atoms with E-state index in [2.05, 4.69) is 5.32 Å². The predicted octanol–water partition coefficient (Wildman–Crippen LogP) is 4.43. The van der Waals surface area contributed by atoms with E-state index in [0.717, 1.165) is 16.7 Å². The van der Waals surface area contributed by atoms with E-state index in [1.807, 2.05) is 14.0 Å². The van der Waals surface area contributed by atoms with Crippen molar-refractivity contribution >= 4 is 11.6 Å². The molecule has 2 rings (SSSR count). The van der Waals surface area contributed by atoms with Crippen LogP contribution in [-0.4, -0.2) is 7.05 Å². The Bertz CT molecular complexity index is 613. The van der Waals surface area contributed by atoms with Crippen molar-refractivity contribution in [1.82, 2.24) is 5.32 Å². The molecule has 0 aliphatic rings. The first-order chi connectivity index (χ1) is 9.51. The van der Waals surface area contributed by atoms with Gasteiger partial charge in [0.15, 0.2) is 0 Å². The van der Waals surface area contributed by atoms with Gasteiger partial charge in [-0.2, -0.15) is 0 Å². The molecule has 1 atom stereocenters. The molecule has 20 heavy (non-hydrogen) atoms. The van der Waals surface area contributed by atoms with Gasteiger partial charge >= 0.3 is 0 Å². The molecule has 1 nitrogen and oxygen atoms in total. The molecule has 2 aromatic rings. The number of hydrogen-bond donors (Lipinski definition) is 1. The molecule has 1 N–H and O–H groups in total. The maximum atomic E-state index is 13.5. The number of hydrogen-bond acceptors (Lipinski definition) is 1. The average molecular weight is 296 g/mol. The second-order valence-corrected chi connectivity index (χ2v) is 5.20. The van der Waals surface area contributed by atoms with Gasteiger partial charge in [-0.3, -0.25) is 0 Å². The summed E-state index contributed by atoms with van der Waals surface area (Å²) in [5.74, 6) is -0.676. The molecular weight excluding hydrogens is 280 g/mol. The van der Waals surface area contributed by atoms with Gasteiger partial charge < -0.3 is 5.32 Å². The molecule has 0 amide bonds. The third-order valence-electron chi connectivity index (χ3n) is 3.42. The van der Waals surface area contributed by atoms with Gasteiger partial charge in [0.1, 0.15) is 11.6 Å². The van der Waals surface area contributed by atoms with Crippen LogP contribution in [0.25, 0.3) is 0 Å². The highest BCUT2D eigenvalue weighted by Gasteiger charge is 2.13. The van der Waals surface area contributed by atoms with Gasteiger partial charge in [0, 0.05) is 6.04 Å². The molecule has 1 unspecified atom stereocenters. The van der Waals surface area contributed by atoms with Crippen molar-refractivity contribution in [3.05, 3.63) is 69.7 Å². The van der Waals surface area contributed by atoms with E-state index in [4.69, 9.17) is 11.6 Å². The SMILES string of the molecule is CNC(Cc1ccc(F)cc1C)c1ccc(Cl)c(F)c1. The van der Waals surface area contributed by atoms with Crippen LogP contribution in [-0.2, 0) is 6.42 Å². The largest absolute Gasteiger partial charge is 0.313 e. The summed E-state index contributed by atoms with van der Waals surface area (Å²) in [6, 6.07) is 9.44. The fourth-order valence-electron chi connectivity index (χ4n) is 2.22. The zero-order chi connectivity index (χ0) is 14.7. The Kier molecular flexibility index (Phi) is 4.73. The minimum atomic E-state index is -0.430. The molecule has 0 saturated carbocycles. The van der Waals surface area contributed by atoms with Crippen molar-refractivity contribution in [2.45, 2.75) is 19.4 Å². The molecule has 0 saturated heterocycles. The van der Waals surface area contributed by atoms with Crippen LogP contribution in [0.2, 0.25) is 5.02 Å². The zero-order valence-corrected chi connectivity index (χ0v) is 12.1. The topological polar surface area (TPSA) is 12.0 Å². The van der Waals surface area contributed by atoms with Crippen molar-refractivity contribution in [2.75, 3.05) is 7.05 Å². The lowest BCUT2D eigenvalue weighted by atomic mass is 9.96. The molecular formula is C16H16ClF2N. The third kappa shape index (κ3) is 3.35. The van der Waals surface area contributed by atoms with Gasteiger partial charge in [-0.15, -0.1) is 0 Å². The van der Waals surface area contributed by atoms with E-state index < -0.39 is 5.82 Å². The Balaban J connectivity index is 2.26. The normalized spacial score (nSPS) is 12.4. The quantitative estimate of drug-likeness (QED) is 0.880. The van der Waals surface area contributed by atoms with Crippen LogP contribution < -0.4 is 5.32 Å². The highest BCUT2D eigenvalue weighted by molar-refractivity contribution is 6.30. The number of nitrogens with one attached hydrogen (secondary N) is 1. The minimum Gasteiger partial charge on any atom is -0.313 e. The van der Waals surface area contributed by atoms with Crippen LogP contribution in [0, 0.1) is 18.6 Å². The molecule has 4 heteroatoms. The van der Waals surface area contributed by atoms with Gasteiger partial charge in [-0.1, -0.05) is 23.7 Å². The second-order valence-electron chi connectivity index (χ2n) is 4.79. The predicted molar refractivity (Wildman–Crippen MR) is 78.1 cm³/mol. The first kappa shape index (κ1) is 14.9. The van der Waals surface area contributed by atoms with E-state index in [1.165, 1.54) is 18.2 Å². The summed E-state index contributed by atoms with van der Waals surface area (Å²) in [5.41, 5.74) is 2.74. The van der Waals surface area contributed by atoms with E-state index in [1.54, 1.807) is 18.2 Å². The first-order valence-electron chi connectivity index (χ1n) is 6.38. The molecule has 2 aromatic carbocycles.